The molecule has 0 atom stereocenters. The lowest BCUT2D eigenvalue weighted by Gasteiger charge is -2.23. The number of anilines is 2. The molecule has 35 heavy (non-hydrogen) atoms. The average Bonchev–Trinajstić information content (AvgIpc) is 2.90. The molecule has 0 heterocycles. The molecule has 4 aromatic carbocycles. The van der Waals surface area contributed by atoms with E-state index in [0.717, 1.165) is 16.8 Å². The van der Waals surface area contributed by atoms with E-state index < -0.39 is 0 Å². The number of nitrogens with one attached hydrogen (secondary N) is 2. The molecule has 0 saturated heterocycles. The first kappa shape index (κ1) is 23.9. The molecule has 0 fully saturated rings. The fraction of sp³-hybridized carbons (Fsp3) is 0.0690. The van der Waals surface area contributed by atoms with Crippen LogP contribution in [0.2, 0.25) is 0 Å². The maximum absolute atomic E-state index is 13.3. The number of amides is 2. The molecular formula is C29H25N3O2S. The number of nitrogens with zero attached hydrogens (tertiary/aromatic N) is 1. The molecule has 2 amide bonds. The Morgan fingerprint density at radius 1 is 0.743 bits per heavy atom. The largest absolute Gasteiger partial charge is 0.332 e. The molecule has 6 heteroatoms. The molecule has 2 N–H and O–H groups in total. The van der Waals surface area contributed by atoms with Crippen molar-refractivity contribution in [2.45, 2.75) is 6.92 Å². The van der Waals surface area contributed by atoms with E-state index in [1.165, 1.54) is 0 Å². The Labute approximate surface area is 210 Å². The summed E-state index contributed by atoms with van der Waals surface area (Å²) in [5, 5.41) is 5.83. The maximum atomic E-state index is 13.3. The highest BCUT2D eigenvalue weighted by atomic mass is 32.1. The van der Waals surface area contributed by atoms with Gasteiger partial charge < -0.3 is 10.2 Å². The van der Waals surface area contributed by atoms with Crippen LogP contribution in [0.5, 0.6) is 0 Å². The van der Waals surface area contributed by atoms with Crippen molar-refractivity contribution >= 4 is 40.5 Å². The van der Waals surface area contributed by atoms with Crippen LogP contribution in [-0.4, -0.2) is 23.5 Å². The lowest BCUT2D eigenvalue weighted by molar-refractivity contribution is 0.0974. The van der Waals surface area contributed by atoms with Crippen molar-refractivity contribution in [2.24, 2.45) is 0 Å². The number of hydrogen-bond acceptors (Lipinski definition) is 3. The van der Waals surface area contributed by atoms with Crippen molar-refractivity contribution in [3.8, 4) is 11.1 Å². The molecule has 0 bridgehead atoms. The van der Waals surface area contributed by atoms with Gasteiger partial charge in [0.25, 0.3) is 11.8 Å². The highest BCUT2D eigenvalue weighted by Gasteiger charge is 2.20. The van der Waals surface area contributed by atoms with Crippen molar-refractivity contribution in [3.05, 3.63) is 120 Å². The van der Waals surface area contributed by atoms with Crippen molar-refractivity contribution in [1.29, 1.82) is 0 Å². The van der Waals surface area contributed by atoms with Crippen LogP contribution in [0.25, 0.3) is 11.1 Å². The van der Waals surface area contributed by atoms with Gasteiger partial charge in [0.1, 0.15) is 0 Å². The molecule has 0 spiro atoms. The second kappa shape index (κ2) is 11.2. The molecule has 0 saturated carbocycles. The minimum absolute atomic E-state index is 0.116. The Kier molecular flexibility index (Phi) is 7.65. The Morgan fingerprint density at radius 2 is 1.31 bits per heavy atom. The molecule has 0 aliphatic rings. The van der Waals surface area contributed by atoms with Crippen LogP contribution in [-0.2, 0) is 0 Å². The predicted octanol–water partition coefficient (Wildman–Crippen LogP) is 6.15. The van der Waals surface area contributed by atoms with E-state index in [0.29, 0.717) is 23.4 Å². The van der Waals surface area contributed by atoms with Crippen LogP contribution in [0.1, 0.15) is 27.6 Å². The maximum Gasteiger partial charge on any atom is 0.260 e. The minimum Gasteiger partial charge on any atom is -0.332 e. The number of carbonyl (C=O) groups excluding carboxylic acids is 2. The summed E-state index contributed by atoms with van der Waals surface area (Å²) in [6.45, 7) is 2.44. The summed E-state index contributed by atoms with van der Waals surface area (Å²) >= 11 is 5.38. The fourth-order valence-electron chi connectivity index (χ4n) is 3.75. The van der Waals surface area contributed by atoms with Crippen LogP contribution in [0.4, 0.5) is 11.4 Å². The molecule has 0 aromatic heterocycles. The fourth-order valence-corrected chi connectivity index (χ4v) is 3.95. The predicted molar refractivity (Wildman–Crippen MR) is 146 cm³/mol. The lowest BCUT2D eigenvalue weighted by Crippen LogP contribution is -2.35. The highest BCUT2D eigenvalue weighted by Crippen LogP contribution is 2.22. The third-order valence-electron chi connectivity index (χ3n) is 5.52. The van der Waals surface area contributed by atoms with Gasteiger partial charge in [-0.05, 0) is 66.7 Å². The smallest absolute Gasteiger partial charge is 0.260 e. The van der Waals surface area contributed by atoms with Gasteiger partial charge >= 0.3 is 0 Å². The van der Waals surface area contributed by atoms with Gasteiger partial charge in [-0.25, -0.2) is 0 Å². The molecule has 4 rings (SSSR count). The third kappa shape index (κ3) is 5.80. The van der Waals surface area contributed by atoms with Crippen molar-refractivity contribution in [3.63, 3.8) is 0 Å². The van der Waals surface area contributed by atoms with Crippen molar-refractivity contribution < 1.29 is 9.59 Å². The Balaban J connectivity index is 1.45. The van der Waals surface area contributed by atoms with E-state index in [1.807, 2.05) is 85.8 Å². The van der Waals surface area contributed by atoms with Crippen LogP contribution in [0.15, 0.2) is 109 Å². The molecule has 4 aromatic rings. The number of rotatable bonds is 6. The second-order valence-electron chi connectivity index (χ2n) is 7.78. The summed E-state index contributed by atoms with van der Waals surface area (Å²) < 4.78 is 0. The number of benzene rings is 4. The lowest BCUT2D eigenvalue weighted by atomic mass is 10.0. The molecule has 174 valence electrons. The second-order valence-corrected chi connectivity index (χ2v) is 8.19. The van der Waals surface area contributed by atoms with E-state index in [1.54, 1.807) is 35.2 Å². The van der Waals surface area contributed by atoms with Gasteiger partial charge in [0.15, 0.2) is 5.11 Å². The zero-order chi connectivity index (χ0) is 24.6. The van der Waals surface area contributed by atoms with Crippen LogP contribution in [0.3, 0.4) is 0 Å². The third-order valence-corrected chi connectivity index (χ3v) is 5.72. The number of thiocarbonyl (C=S) groups is 1. The molecular weight excluding hydrogens is 454 g/mol. The Bertz CT molecular complexity index is 1320. The first-order valence-corrected chi connectivity index (χ1v) is 11.7. The summed E-state index contributed by atoms with van der Waals surface area (Å²) in [4.78, 5) is 27.8. The van der Waals surface area contributed by atoms with E-state index in [9.17, 15) is 9.59 Å². The normalized spacial score (nSPS) is 10.3. The zero-order valence-corrected chi connectivity index (χ0v) is 20.1. The summed E-state index contributed by atoms with van der Waals surface area (Å²) in [6.07, 6.45) is 0. The Morgan fingerprint density at radius 3 is 1.97 bits per heavy atom. The Hall–Kier alpha value is -4.29. The summed E-state index contributed by atoms with van der Waals surface area (Å²) in [7, 11) is 0. The van der Waals surface area contributed by atoms with Gasteiger partial charge in [0.05, 0.1) is 11.3 Å². The van der Waals surface area contributed by atoms with Crippen LogP contribution in [0, 0.1) is 0 Å². The van der Waals surface area contributed by atoms with Crippen molar-refractivity contribution in [2.75, 3.05) is 16.8 Å². The van der Waals surface area contributed by atoms with Gasteiger partial charge in [-0.15, -0.1) is 0 Å². The standard InChI is InChI=1S/C29H25N3O2S/c1-2-32(24-13-7-4-8-14-24)28(34)25-15-9-10-16-26(25)30-29(35)31-27(33)23-19-17-22(18-20-23)21-11-5-3-6-12-21/h3-20H,2H2,1H3,(H2,30,31,33,35). The number of hydrogen-bond donors (Lipinski definition) is 2. The van der Waals surface area contributed by atoms with Gasteiger partial charge in [-0.1, -0.05) is 72.8 Å². The van der Waals surface area contributed by atoms with E-state index in [4.69, 9.17) is 12.2 Å². The highest BCUT2D eigenvalue weighted by molar-refractivity contribution is 7.80. The van der Waals surface area contributed by atoms with Gasteiger partial charge in [-0.3, -0.25) is 14.9 Å². The quantitative estimate of drug-likeness (QED) is 0.326. The molecule has 0 aliphatic carbocycles. The van der Waals surface area contributed by atoms with Gasteiger partial charge in [0, 0.05) is 17.8 Å². The average molecular weight is 480 g/mol. The molecule has 5 nitrogen and oxygen atoms in total. The zero-order valence-electron chi connectivity index (χ0n) is 19.3. The molecule has 0 radical (unpaired) electrons. The van der Waals surface area contributed by atoms with Gasteiger partial charge in [-0.2, -0.15) is 0 Å². The van der Waals surface area contributed by atoms with Crippen LogP contribution < -0.4 is 15.5 Å². The molecule has 0 unspecified atom stereocenters. The van der Waals surface area contributed by atoms with Crippen LogP contribution >= 0.6 is 12.2 Å². The number of para-hydroxylation sites is 2. The number of carbonyl (C=O) groups is 2. The summed E-state index contributed by atoms with van der Waals surface area (Å²) in [5.74, 6) is -0.488. The molecule has 0 aliphatic heterocycles. The van der Waals surface area contributed by atoms with E-state index in [2.05, 4.69) is 10.6 Å². The van der Waals surface area contributed by atoms with Gasteiger partial charge in [0.2, 0.25) is 0 Å². The topological polar surface area (TPSA) is 61.4 Å². The minimum atomic E-state index is -0.328. The van der Waals surface area contributed by atoms with Crippen molar-refractivity contribution in [1.82, 2.24) is 5.32 Å². The first-order valence-electron chi connectivity index (χ1n) is 11.3. The monoisotopic (exact) mass is 479 g/mol. The van der Waals surface area contributed by atoms with E-state index >= 15 is 0 Å². The van der Waals surface area contributed by atoms with E-state index in [-0.39, 0.29) is 16.9 Å². The SMILES string of the molecule is CCN(C(=O)c1ccccc1NC(=S)NC(=O)c1ccc(-c2ccccc2)cc1)c1ccccc1. The summed E-state index contributed by atoms with van der Waals surface area (Å²) in [5.41, 5.74) is 4.38. The summed E-state index contributed by atoms with van der Waals surface area (Å²) in [6, 6.07) is 33.9. The first-order chi connectivity index (χ1) is 17.1.